The number of carbonyl (C=O) groups is 2. The van der Waals surface area contributed by atoms with Crippen LogP contribution in [0.3, 0.4) is 0 Å². The molecule has 0 aromatic carbocycles. The second kappa shape index (κ2) is 2.79. The van der Waals surface area contributed by atoms with E-state index in [0.717, 1.165) is 17.9 Å². The maximum atomic E-state index is 10.8. The van der Waals surface area contributed by atoms with Crippen molar-refractivity contribution < 1.29 is 9.59 Å². The fourth-order valence-electron chi connectivity index (χ4n) is 0.932. The lowest BCUT2D eigenvalue weighted by atomic mass is 10.2. The number of nitrogens with two attached hydrogens (primary N) is 1. The smallest absolute Gasteiger partial charge is 0.243 e. The Bertz CT molecular complexity index is 149. The predicted octanol–water partition coefficient (Wildman–Crippen LogP) is -0.211. The number of hydrogen-bond donors (Lipinski definition) is 1. The van der Waals surface area contributed by atoms with Gasteiger partial charge in [0.25, 0.3) is 0 Å². The first kappa shape index (κ1) is 7.21. The highest BCUT2D eigenvalue weighted by atomic mass is 16.2. The minimum atomic E-state index is -0.262. The quantitative estimate of drug-likeness (QED) is 0.289. The minimum absolute atomic E-state index is 0.262. The topological polar surface area (TPSA) is 63.4 Å². The molecular weight excluding hydrogens is 132 g/mol. The summed E-state index contributed by atoms with van der Waals surface area (Å²) in [7, 11) is 0. The maximum Gasteiger partial charge on any atom is 0.243 e. The third-order valence-corrected chi connectivity index (χ3v) is 1.57. The van der Waals surface area contributed by atoms with E-state index >= 15 is 0 Å². The molecule has 1 fully saturated rings. The summed E-state index contributed by atoms with van der Waals surface area (Å²) in [5, 5.41) is 0.729. The Labute approximate surface area is 59.0 Å². The van der Waals surface area contributed by atoms with Gasteiger partial charge in [-0.2, -0.15) is 0 Å². The lowest BCUT2D eigenvalue weighted by molar-refractivity contribution is -0.144. The first-order valence-electron chi connectivity index (χ1n) is 3.32. The molecule has 56 valence electrons. The number of rotatable bonds is 0. The Morgan fingerprint density at radius 1 is 1.10 bits per heavy atom. The summed E-state index contributed by atoms with van der Waals surface area (Å²) in [6.07, 6.45) is 2.36. The van der Waals surface area contributed by atoms with Crippen LogP contribution in [0.2, 0.25) is 0 Å². The summed E-state index contributed by atoms with van der Waals surface area (Å²) >= 11 is 0. The lowest BCUT2D eigenvalue weighted by Crippen LogP contribution is -2.40. The molecular formula is C6H10N2O2. The molecule has 1 heterocycles. The second-order valence-electron chi connectivity index (χ2n) is 2.36. The normalized spacial score (nSPS) is 21.1. The Balaban J connectivity index is 2.64. The highest BCUT2D eigenvalue weighted by Crippen LogP contribution is 2.08. The number of nitrogens with zero attached hydrogens (tertiary/aromatic N) is 1. The summed E-state index contributed by atoms with van der Waals surface area (Å²) in [6.45, 7) is 0. The molecule has 0 saturated carbocycles. The van der Waals surface area contributed by atoms with Crippen LogP contribution in [0.1, 0.15) is 25.7 Å². The summed E-state index contributed by atoms with van der Waals surface area (Å²) in [4.78, 5) is 21.6. The average molecular weight is 142 g/mol. The average Bonchev–Trinajstić information content (AvgIpc) is 2.04. The largest absolute Gasteiger partial charge is 0.273 e. The molecule has 4 nitrogen and oxygen atoms in total. The third kappa shape index (κ3) is 1.33. The number of hydrogen-bond acceptors (Lipinski definition) is 3. The van der Waals surface area contributed by atoms with Crippen LogP contribution in [0.25, 0.3) is 0 Å². The van der Waals surface area contributed by atoms with E-state index in [4.69, 9.17) is 5.84 Å². The Hall–Kier alpha value is -0.900. The zero-order chi connectivity index (χ0) is 7.56. The van der Waals surface area contributed by atoms with E-state index in [9.17, 15) is 9.59 Å². The van der Waals surface area contributed by atoms with Crippen molar-refractivity contribution in [3.05, 3.63) is 0 Å². The molecule has 0 aliphatic carbocycles. The molecule has 0 spiro atoms. The van der Waals surface area contributed by atoms with Crippen LogP contribution in [-0.2, 0) is 9.59 Å². The van der Waals surface area contributed by atoms with E-state index in [1.807, 2.05) is 0 Å². The van der Waals surface area contributed by atoms with Gasteiger partial charge in [-0.05, 0) is 12.8 Å². The van der Waals surface area contributed by atoms with Gasteiger partial charge in [0.05, 0.1) is 0 Å². The zero-order valence-electron chi connectivity index (χ0n) is 5.67. The fraction of sp³-hybridized carbons (Fsp3) is 0.667. The van der Waals surface area contributed by atoms with Gasteiger partial charge in [0, 0.05) is 12.8 Å². The molecule has 0 aromatic heterocycles. The van der Waals surface area contributed by atoms with E-state index in [0.29, 0.717) is 12.8 Å². The number of carbonyl (C=O) groups excluding carboxylic acids is 2. The van der Waals surface area contributed by atoms with E-state index in [2.05, 4.69) is 0 Å². The summed E-state index contributed by atoms with van der Waals surface area (Å²) in [5.74, 6) is 4.63. The minimum Gasteiger partial charge on any atom is -0.273 e. The molecule has 1 aliphatic heterocycles. The molecule has 0 bridgehead atoms. The van der Waals surface area contributed by atoms with Crippen LogP contribution >= 0.6 is 0 Å². The monoisotopic (exact) mass is 142 g/mol. The van der Waals surface area contributed by atoms with Gasteiger partial charge in [0.2, 0.25) is 11.8 Å². The predicted molar refractivity (Wildman–Crippen MR) is 34.5 cm³/mol. The van der Waals surface area contributed by atoms with E-state index < -0.39 is 0 Å². The van der Waals surface area contributed by atoms with Crippen molar-refractivity contribution in [3.8, 4) is 0 Å². The lowest BCUT2D eigenvalue weighted by Gasteiger charge is -2.09. The maximum absolute atomic E-state index is 10.8. The summed E-state index contributed by atoms with van der Waals surface area (Å²) in [6, 6.07) is 0. The van der Waals surface area contributed by atoms with Crippen molar-refractivity contribution >= 4 is 11.8 Å². The molecule has 4 heteroatoms. The molecule has 1 rings (SSSR count). The molecule has 2 N–H and O–H groups in total. The molecule has 10 heavy (non-hydrogen) atoms. The van der Waals surface area contributed by atoms with Gasteiger partial charge in [0.15, 0.2) is 0 Å². The SMILES string of the molecule is NN1C(=O)CCCCC1=O. The molecule has 1 saturated heterocycles. The van der Waals surface area contributed by atoms with E-state index in [1.165, 1.54) is 0 Å². The van der Waals surface area contributed by atoms with Crippen LogP contribution in [-0.4, -0.2) is 16.8 Å². The van der Waals surface area contributed by atoms with Gasteiger partial charge >= 0.3 is 0 Å². The Kier molecular flexibility index (Phi) is 2.01. The van der Waals surface area contributed by atoms with Crippen LogP contribution in [0.15, 0.2) is 0 Å². The Morgan fingerprint density at radius 2 is 1.50 bits per heavy atom. The number of imide groups is 1. The van der Waals surface area contributed by atoms with E-state index in [1.54, 1.807) is 0 Å². The first-order valence-corrected chi connectivity index (χ1v) is 3.32. The Morgan fingerprint density at radius 3 is 1.90 bits per heavy atom. The van der Waals surface area contributed by atoms with Crippen LogP contribution in [0.5, 0.6) is 0 Å². The zero-order valence-corrected chi connectivity index (χ0v) is 5.67. The molecule has 0 radical (unpaired) electrons. The second-order valence-corrected chi connectivity index (χ2v) is 2.36. The van der Waals surface area contributed by atoms with Crippen molar-refractivity contribution in [2.24, 2.45) is 5.84 Å². The standard InChI is InChI=1S/C6H10N2O2/c7-8-5(9)3-1-2-4-6(8)10/h1-4,7H2. The molecule has 0 unspecified atom stereocenters. The van der Waals surface area contributed by atoms with Gasteiger partial charge < -0.3 is 0 Å². The highest BCUT2D eigenvalue weighted by molar-refractivity contribution is 5.95. The third-order valence-electron chi connectivity index (χ3n) is 1.57. The number of amides is 2. The molecule has 1 aliphatic rings. The molecule has 0 atom stereocenters. The fourth-order valence-corrected chi connectivity index (χ4v) is 0.932. The number of hydrazine groups is 1. The van der Waals surface area contributed by atoms with Crippen molar-refractivity contribution in [1.82, 2.24) is 5.01 Å². The van der Waals surface area contributed by atoms with Crippen molar-refractivity contribution in [3.63, 3.8) is 0 Å². The summed E-state index contributed by atoms with van der Waals surface area (Å²) < 4.78 is 0. The highest BCUT2D eigenvalue weighted by Gasteiger charge is 2.20. The van der Waals surface area contributed by atoms with Crippen molar-refractivity contribution in [1.29, 1.82) is 0 Å². The summed E-state index contributed by atoms with van der Waals surface area (Å²) in [5.41, 5.74) is 0. The first-order chi connectivity index (χ1) is 4.72. The molecule has 0 aromatic rings. The van der Waals surface area contributed by atoms with E-state index in [-0.39, 0.29) is 11.8 Å². The van der Waals surface area contributed by atoms with Crippen LogP contribution in [0.4, 0.5) is 0 Å². The van der Waals surface area contributed by atoms with Crippen LogP contribution in [0, 0.1) is 0 Å². The van der Waals surface area contributed by atoms with Gasteiger partial charge in [0.1, 0.15) is 0 Å². The van der Waals surface area contributed by atoms with Crippen molar-refractivity contribution in [2.45, 2.75) is 25.7 Å². The van der Waals surface area contributed by atoms with Crippen molar-refractivity contribution in [2.75, 3.05) is 0 Å². The van der Waals surface area contributed by atoms with Gasteiger partial charge in [-0.1, -0.05) is 0 Å². The van der Waals surface area contributed by atoms with Gasteiger partial charge in [-0.25, -0.2) is 10.9 Å². The van der Waals surface area contributed by atoms with Gasteiger partial charge in [-0.3, -0.25) is 9.59 Å². The molecule has 2 amide bonds. The van der Waals surface area contributed by atoms with Gasteiger partial charge in [-0.15, -0.1) is 0 Å². The van der Waals surface area contributed by atoms with Crippen LogP contribution < -0.4 is 5.84 Å².